The van der Waals surface area contributed by atoms with Crippen LogP contribution in [0.2, 0.25) is 0 Å². The minimum atomic E-state index is -3.21. The summed E-state index contributed by atoms with van der Waals surface area (Å²) in [5.41, 5.74) is 2.34. The van der Waals surface area contributed by atoms with Crippen LogP contribution in [0.25, 0.3) is 11.0 Å². The smallest absolute Gasteiger partial charge is 0.154 e. The Morgan fingerprint density at radius 3 is 2.43 bits per heavy atom. The van der Waals surface area contributed by atoms with Crippen molar-refractivity contribution < 1.29 is 13.5 Å². The minimum Gasteiger partial charge on any atom is -0.387 e. The van der Waals surface area contributed by atoms with Crippen molar-refractivity contribution in [1.82, 2.24) is 9.55 Å². The quantitative estimate of drug-likeness (QED) is 0.779. The highest BCUT2D eigenvalue weighted by molar-refractivity contribution is 7.89. The molecule has 0 aliphatic heterocycles. The van der Waals surface area contributed by atoms with Crippen LogP contribution in [0.15, 0.2) is 54.6 Å². The third-order valence-electron chi connectivity index (χ3n) is 3.66. The van der Waals surface area contributed by atoms with Crippen LogP contribution in [-0.4, -0.2) is 29.3 Å². The maximum absolute atomic E-state index is 11.7. The maximum atomic E-state index is 11.7. The summed E-state index contributed by atoms with van der Waals surface area (Å²) in [4.78, 5) is 4.42. The van der Waals surface area contributed by atoms with Crippen molar-refractivity contribution in [3.8, 4) is 0 Å². The summed E-state index contributed by atoms with van der Waals surface area (Å²) >= 11 is 0. The first-order chi connectivity index (χ1) is 10.9. The second-order valence-electron chi connectivity index (χ2n) is 5.62. The van der Waals surface area contributed by atoms with Crippen LogP contribution in [0.1, 0.15) is 17.5 Å². The molecule has 0 aliphatic rings. The fraction of sp³-hybridized carbons (Fsp3) is 0.235. The first-order valence-electron chi connectivity index (χ1n) is 7.29. The first kappa shape index (κ1) is 15.7. The number of para-hydroxylation sites is 2. The Bertz CT molecular complexity index is 917. The molecule has 0 bridgehead atoms. The van der Waals surface area contributed by atoms with E-state index in [0.717, 1.165) is 16.6 Å². The van der Waals surface area contributed by atoms with Gasteiger partial charge in [-0.05, 0) is 17.7 Å². The lowest BCUT2D eigenvalue weighted by molar-refractivity contribution is 0.157. The van der Waals surface area contributed by atoms with Gasteiger partial charge < -0.3 is 9.67 Å². The SMILES string of the molecule is CS(=O)(=O)Cc1nc2ccccc2n1C[C@@H](O)c1ccccc1. The average molecular weight is 330 g/mol. The van der Waals surface area contributed by atoms with Gasteiger partial charge in [0.2, 0.25) is 0 Å². The van der Waals surface area contributed by atoms with Gasteiger partial charge in [-0.25, -0.2) is 13.4 Å². The normalized spacial score (nSPS) is 13.3. The summed E-state index contributed by atoms with van der Waals surface area (Å²) in [5, 5.41) is 10.5. The van der Waals surface area contributed by atoms with E-state index in [9.17, 15) is 13.5 Å². The zero-order chi connectivity index (χ0) is 16.4. The molecule has 3 aromatic rings. The van der Waals surface area contributed by atoms with Crippen LogP contribution in [0.3, 0.4) is 0 Å². The molecule has 120 valence electrons. The molecular weight excluding hydrogens is 312 g/mol. The molecule has 23 heavy (non-hydrogen) atoms. The highest BCUT2D eigenvalue weighted by atomic mass is 32.2. The standard InChI is InChI=1S/C17H18N2O3S/c1-23(21,22)12-17-18-14-9-5-6-10-15(14)19(17)11-16(20)13-7-3-2-4-8-13/h2-10,16,20H,11-12H2,1H3/t16-/m1/s1. The largest absolute Gasteiger partial charge is 0.387 e. The van der Waals surface area contributed by atoms with Gasteiger partial charge in [-0.2, -0.15) is 0 Å². The molecule has 0 radical (unpaired) electrons. The Labute approximate surface area is 135 Å². The van der Waals surface area contributed by atoms with E-state index in [2.05, 4.69) is 4.98 Å². The number of benzene rings is 2. The molecule has 3 rings (SSSR count). The summed E-state index contributed by atoms with van der Waals surface area (Å²) in [7, 11) is -3.21. The van der Waals surface area contributed by atoms with E-state index in [0.29, 0.717) is 5.82 Å². The van der Waals surface area contributed by atoms with E-state index in [1.807, 2.05) is 54.6 Å². The monoisotopic (exact) mass is 330 g/mol. The van der Waals surface area contributed by atoms with Gasteiger partial charge in [0.05, 0.1) is 23.7 Å². The molecule has 1 N–H and O–H groups in total. The Morgan fingerprint density at radius 2 is 1.74 bits per heavy atom. The van der Waals surface area contributed by atoms with Gasteiger partial charge in [0, 0.05) is 6.26 Å². The topological polar surface area (TPSA) is 72.2 Å². The second kappa shape index (κ2) is 6.14. The van der Waals surface area contributed by atoms with E-state index >= 15 is 0 Å². The number of rotatable bonds is 5. The van der Waals surface area contributed by atoms with Crippen LogP contribution >= 0.6 is 0 Å². The highest BCUT2D eigenvalue weighted by Crippen LogP contribution is 2.22. The van der Waals surface area contributed by atoms with Crippen LogP contribution < -0.4 is 0 Å². The number of hydrogen-bond acceptors (Lipinski definition) is 4. The Balaban J connectivity index is 2.02. The molecule has 1 atom stereocenters. The van der Waals surface area contributed by atoms with E-state index in [1.165, 1.54) is 6.26 Å². The van der Waals surface area contributed by atoms with Gasteiger partial charge in [0.1, 0.15) is 11.6 Å². The number of sulfone groups is 1. The van der Waals surface area contributed by atoms with Crippen molar-refractivity contribution in [2.24, 2.45) is 0 Å². The third kappa shape index (κ3) is 3.60. The maximum Gasteiger partial charge on any atom is 0.154 e. The van der Waals surface area contributed by atoms with Gasteiger partial charge in [-0.1, -0.05) is 42.5 Å². The lowest BCUT2D eigenvalue weighted by atomic mass is 10.1. The average Bonchev–Trinajstić information content (AvgIpc) is 2.84. The molecule has 0 saturated heterocycles. The molecule has 5 nitrogen and oxygen atoms in total. The van der Waals surface area contributed by atoms with Crippen LogP contribution in [0.4, 0.5) is 0 Å². The van der Waals surface area contributed by atoms with Gasteiger partial charge in [0.25, 0.3) is 0 Å². The lowest BCUT2D eigenvalue weighted by Crippen LogP contribution is -2.14. The van der Waals surface area contributed by atoms with Crippen LogP contribution in [0.5, 0.6) is 0 Å². The summed E-state index contributed by atoms with van der Waals surface area (Å²) in [6, 6.07) is 16.8. The number of imidazole rings is 1. The molecule has 6 heteroatoms. The Kier molecular flexibility index (Phi) is 4.19. The number of fused-ring (bicyclic) bond motifs is 1. The number of hydrogen-bond donors (Lipinski definition) is 1. The molecule has 1 aromatic heterocycles. The molecule has 1 heterocycles. The van der Waals surface area contributed by atoms with Crippen molar-refractivity contribution in [1.29, 1.82) is 0 Å². The summed E-state index contributed by atoms with van der Waals surface area (Å²) in [6.07, 6.45) is 0.455. The van der Waals surface area contributed by atoms with Crippen molar-refractivity contribution in [3.63, 3.8) is 0 Å². The summed E-state index contributed by atoms with van der Waals surface area (Å²) < 4.78 is 25.1. The molecule has 0 unspecified atom stereocenters. The fourth-order valence-electron chi connectivity index (χ4n) is 2.63. The van der Waals surface area contributed by atoms with Gasteiger partial charge in [0.15, 0.2) is 9.84 Å². The van der Waals surface area contributed by atoms with Gasteiger partial charge >= 0.3 is 0 Å². The van der Waals surface area contributed by atoms with Gasteiger partial charge in [-0.15, -0.1) is 0 Å². The zero-order valence-electron chi connectivity index (χ0n) is 12.8. The lowest BCUT2D eigenvalue weighted by Gasteiger charge is -2.15. The first-order valence-corrected chi connectivity index (χ1v) is 9.35. The Morgan fingerprint density at radius 1 is 1.09 bits per heavy atom. The van der Waals surface area contributed by atoms with E-state index in [-0.39, 0.29) is 12.3 Å². The van der Waals surface area contributed by atoms with E-state index in [1.54, 1.807) is 4.57 Å². The molecular formula is C17H18N2O3S. The molecule has 0 fully saturated rings. The van der Waals surface area contributed by atoms with E-state index in [4.69, 9.17) is 0 Å². The summed E-state index contributed by atoms with van der Waals surface area (Å²) in [6.45, 7) is 0.259. The fourth-order valence-corrected chi connectivity index (χ4v) is 3.32. The minimum absolute atomic E-state index is 0.150. The predicted octanol–water partition coefficient (Wildman–Crippen LogP) is 2.31. The number of aliphatic hydroxyl groups is 1. The van der Waals surface area contributed by atoms with Crippen molar-refractivity contribution in [2.75, 3.05) is 6.26 Å². The molecule has 2 aromatic carbocycles. The third-order valence-corrected chi connectivity index (χ3v) is 4.45. The molecule has 0 spiro atoms. The van der Waals surface area contributed by atoms with Crippen molar-refractivity contribution in [3.05, 3.63) is 66.0 Å². The second-order valence-corrected chi connectivity index (χ2v) is 7.76. The van der Waals surface area contributed by atoms with Crippen molar-refractivity contribution >= 4 is 20.9 Å². The van der Waals surface area contributed by atoms with Crippen LogP contribution in [0, 0.1) is 0 Å². The number of aliphatic hydroxyl groups excluding tert-OH is 1. The Hall–Kier alpha value is -2.18. The summed E-state index contributed by atoms with van der Waals surface area (Å²) in [5.74, 6) is 0.298. The predicted molar refractivity (Wildman–Crippen MR) is 89.7 cm³/mol. The highest BCUT2D eigenvalue weighted by Gasteiger charge is 2.18. The van der Waals surface area contributed by atoms with Gasteiger partial charge in [-0.3, -0.25) is 0 Å². The molecule has 0 amide bonds. The zero-order valence-corrected chi connectivity index (χ0v) is 13.6. The molecule has 0 aliphatic carbocycles. The van der Waals surface area contributed by atoms with E-state index < -0.39 is 15.9 Å². The number of nitrogens with zero attached hydrogens (tertiary/aromatic N) is 2. The van der Waals surface area contributed by atoms with Crippen molar-refractivity contribution in [2.45, 2.75) is 18.4 Å². The van der Waals surface area contributed by atoms with Crippen LogP contribution in [-0.2, 0) is 22.1 Å². The number of aromatic nitrogens is 2. The molecule has 0 saturated carbocycles.